The fourth-order valence-electron chi connectivity index (χ4n) is 5.07. The van der Waals surface area contributed by atoms with Gasteiger partial charge in [-0.3, -0.25) is 4.40 Å². The van der Waals surface area contributed by atoms with Crippen molar-refractivity contribution in [2.24, 2.45) is 5.41 Å². The van der Waals surface area contributed by atoms with E-state index in [1.807, 2.05) is 0 Å². The van der Waals surface area contributed by atoms with Crippen molar-refractivity contribution in [2.75, 3.05) is 0 Å². The van der Waals surface area contributed by atoms with E-state index in [4.69, 9.17) is 4.98 Å². The number of imidazole rings is 1. The third kappa shape index (κ3) is 1.53. The van der Waals surface area contributed by atoms with E-state index in [0.717, 1.165) is 5.65 Å². The van der Waals surface area contributed by atoms with Gasteiger partial charge in [0.05, 0.1) is 5.52 Å². The van der Waals surface area contributed by atoms with Gasteiger partial charge in [0.25, 0.3) is 0 Å². The quantitative estimate of drug-likeness (QED) is 0.346. The van der Waals surface area contributed by atoms with Gasteiger partial charge in [-0.15, -0.1) is 0 Å². The number of aromatic nitrogens is 2. The van der Waals surface area contributed by atoms with Crippen LogP contribution in [-0.4, -0.2) is 9.38 Å². The van der Waals surface area contributed by atoms with Gasteiger partial charge in [-0.1, -0.05) is 84.0 Å². The van der Waals surface area contributed by atoms with E-state index < -0.39 is 0 Å². The molecule has 0 radical (unpaired) electrons. The summed E-state index contributed by atoms with van der Waals surface area (Å²) < 4.78 is 2.45. The molecule has 2 heteroatoms. The molecule has 0 bridgehead atoms. The predicted octanol–water partition coefficient (Wildman–Crippen LogP) is 6.24. The molecule has 0 spiro atoms. The Morgan fingerprint density at radius 1 is 0.731 bits per heavy atom. The molecule has 0 saturated carbocycles. The molecule has 1 aliphatic rings. The van der Waals surface area contributed by atoms with Gasteiger partial charge in [-0.05, 0) is 21.8 Å². The van der Waals surface area contributed by atoms with Gasteiger partial charge in [0, 0.05) is 28.1 Å². The lowest BCUT2D eigenvalue weighted by atomic mass is 9.52. The first-order valence-corrected chi connectivity index (χ1v) is 9.51. The summed E-state index contributed by atoms with van der Waals surface area (Å²) in [6.07, 6.45) is 2.11. The van der Waals surface area contributed by atoms with Gasteiger partial charge in [-0.25, -0.2) is 4.98 Å². The monoisotopic (exact) mass is 342 g/mol. The number of pyridine rings is 1. The minimum Gasteiger partial charge on any atom is -0.295 e. The minimum absolute atomic E-state index is 0.0183. The second-order valence-electron chi connectivity index (χ2n) is 9.42. The predicted molar refractivity (Wildman–Crippen MR) is 110 cm³/mol. The number of para-hydroxylation sites is 1. The average molecular weight is 342 g/mol. The molecule has 0 N–H and O–H groups in total. The number of fused-ring (bicyclic) bond motifs is 3. The molecule has 1 aliphatic heterocycles. The van der Waals surface area contributed by atoms with Crippen molar-refractivity contribution in [2.45, 2.75) is 52.4 Å². The van der Waals surface area contributed by atoms with Crippen molar-refractivity contribution in [3.05, 3.63) is 59.9 Å². The highest BCUT2D eigenvalue weighted by atomic mass is 15.0. The zero-order valence-corrected chi connectivity index (χ0v) is 16.5. The molecule has 26 heavy (non-hydrogen) atoms. The molecule has 0 aliphatic carbocycles. The molecule has 2 aromatic carbocycles. The summed E-state index contributed by atoms with van der Waals surface area (Å²) in [5.74, 6) is 0. The summed E-state index contributed by atoms with van der Waals surface area (Å²) in [5, 5.41) is 3.85. The summed E-state index contributed by atoms with van der Waals surface area (Å²) in [5.41, 5.74) is 5.19. The Morgan fingerprint density at radius 2 is 1.38 bits per heavy atom. The zero-order chi connectivity index (χ0) is 18.5. The van der Waals surface area contributed by atoms with Crippen molar-refractivity contribution in [1.29, 1.82) is 0 Å². The Hall–Kier alpha value is -2.35. The van der Waals surface area contributed by atoms with Crippen LogP contribution in [-0.2, 0) is 10.8 Å². The minimum atomic E-state index is -0.0235. The highest BCUT2D eigenvalue weighted by Gasteiger charge is 2.53. The van der Waals surface area contributed by atoms with Crippen LogP contribution in [0.2, 0.25) is 0 Å². The normalized spacial score (nSPS) is 20.1. The van der Waals surface area contributed by atoms with Gasteiger partial charge in [0.2, 0.25) is 0 Å². The molecule has 5 rings (SSSR count). The first-order valence-electron chi connectivity index (χ1n) is 9.51. The second-order valence-corrected chi connectivity index (χ2v) is 9.42. The summed E-state index contributed by atoms with van der Waals surface area (Å²) >= 11 is 0. The second kappa shape index (κ2) is 4.49. The molecule has 0 unspecified atom stereocenters. The van der Waals surface area contributed by atoms with E-state index in [2.05, 4.69) is 94.6 Å². The number of nitrogens with zero attached hydrogens (tertiary/aromatic N) is 2. The highest BCUT2D eigenvalue weighted by Crippen LogP contribution is 2.57. The van der Waals surface area contributed by atoms with Gasteiger partial charge in [0.1, 0.15) is 5.65 Å². The van der Waals surface area contributed by atoms with Crippen molar-refractivity contribution in [1.82, 2.24) is 9.38 Å². The molecule has 2 aromatic heterocycles. The van der Waals surface area contributed by atoms with E-state index in [-0.39, 0.29) is 16.2 Å². The highest BCUT2D eigenvalue weighted by molar-refractivity contribution is 6.12. The summed E-state index contributed by atoms with van der Waals surface area (Å²) in [7, 11) is 0. The Kier molecular flexibility index (Phi) is 2.74. The van der Waals surface area contributed by atoms with Crippen LogP contribution in [0.1, 0.15) is 52.8 Å². The Bertz CT molecular complexity index is 1210. The van der Waals surface area contributed by atoms with Crippen molar-refractivity contribution >= 4 is 27.3 Å². The first kappa shape index (κ1) is 15.9. The lowest BCUT2D eigenvalue weighted by Crippen LogP contribution is -2.49. The third-order valence-electron chi connectivity index (χ3n) is 7.92. The molecule has 0 amide bonds. The van der Waals surface area contributed by atoms with E-state index >= 15 is 0 Å². The molecule has 3 heterocycles. The third-order valence-corrected chi connectivity index (χ3v) is 7.92. The van der Waals surface area contributed by atoms with Crippen molar-refractivity contribution in [3.8, 4) is 0 Å². The topological polar surface area (TPSA) is 17.3 Å². The maximum Gasteiger partial charge on any atom is 0.145 e. The van der Waals surface area contributed by atoms with Crippen LogP contribution >= 0.6 is 0 Å². The molecule has 2 nitrogen and oxygen atoms in total. The van der Waals surface area contributed by atoms with Crippen LogP contribution < -0.4 is 0 Å². The fraction of sp³-hybridized carbons (Fsp3) is 0.375. The first-order chi connectivity index (χ1) is 12.2. The van der Waals surface area contributed by atoms with E-state index in [9.17, 15) is 0 Å². The van der Waals surface area contributed by atoms with Crippen molar-refractivity contribution in [3.63, 3.8) is 0 Å². The SMILES string of the molecule is CC1(C)c2cccc3c4ccccc4c4ncc(n4c23)C(C)(C)C1(C)C. The molecule has 0 fully saturated rings. The van der Waals surface area contributed by atoms with Gasteiger partial charge in [0.15, 0.2) is 0 Å². The molecule has 4 aromatic rings. The largest absolute Gasteiger partial charge is 0.295 e. The van der Waals surface area contributed by atoms with Crippen LogP contribution in [0.15, 0.2) is 48.7 Å². The van der Waals surface area contributed by atoms with Gasteiger partial charge < -0.3 is 0 Å². The molecule has 132 valence electrons. The van der Waals surface area contributed by atoms with E-state index in [1.165, 1.54) is 32.9 Å². The van der Waals surface area contributed by atoms with E-state index in [1.54, 1.807) is 0 Å². The summed E-state index contributed by atoms with van der Waals surface area (Å²) in [6, 6.07) is 15.5. The average Bonchev–Trinajstić information content (AvgIpc) is 3.05. The van der Waals surface area contributed by atoms with Gasteiger partial charge in [-0.2, -0.15) is 0 Å². The van der Waals surface area contributed by atoms with Crippen molar-refractivity contribution < 1.29 is 0 Å². The number of rotatable bonds is 0. The van der Waals surface area contributed by atoms with Crippen LogP contribution in [0.5, 0.6) is 0 Å². The van der Waals surface area contributed by atoms with Crippen LogP contribution in [0, 0.1) is 5.41 Å². The Labute approximate surface area is 154 Å². The van der Waals surface area contributed by atoms with Crippen LogP contribution in [0.4, 0.5) is 0 Å². The smallest absolute Gasteiger partial charge is 0.145 e. The summed E-state index contributed by atoms with van der Waals surface area (Å²) in [6.45, 7) is 14.4. The van der Waals surface area contributed by atoms with Gasteiger partial charge >= 0.3 is 0 Å². The Balaban J connectivity index is 2.19. The molecular weight excluding hydrogens is 316 g/mol. The zero-order valence-electron chi connectivity index (χ0n) is 16.5. The fourth-order valence-corrected chi connectivity index (χ4v) is 5.07. The number of hydrogen-bond donors (Lipinski definition) is 0. The lowest BCUT2D eigenvalue weighted by molar-refractivity contribution is 0.0924. The molecule has 0 atom stereocenters. The Morgan fingerprint density at radius 3 is 2.12 bits per heavy atom. The number of hydrogen-bond acceptors (Lipinski definition) is 1. The van der Waals surface area contributed by atoms with E-state index in [0.29, 0.717) is 0 Å². The molecular formula is C24H26N2. The lowest BCUT2D eigenvalue weighted by Gasteiger charge is -2.51. The standard InChI is InChI=1S/C24H26N2/c1-22(2)18-13-9-12-16-15-10-7-8-11-17(15)21-25-14-19(26(21)20(16)18)23(3,4)24(22,5)6/h7-14H,1-6H3. The maximum atomic E-state index is 4.91. The number of benzene rings is 2. The maximum absolute atomic E-state index is 4.91. The molecule has 0 saturated heterocycles. The van der Waals surface area contributed by atoms with Crippen LogP contribution in [0.25, 0.3) is 27.3 Å². The van der Waals surface area contributed by atoms with Crippen LogP contribution in [0.3, 0.4) is 0 Å². The summed E-state index contributed by atoms with van der Waals surface area (Å²) in [4.78, 5) is 4.91.